The van der Waals surface area contributed by atoms with Gasteiger partial charge in [0.05, 0.1) is 17.8 Å². The average molecular weight is 266 g/mol. The molecule has 4 nitrogen and oxygen atoms in total. The molecule has 0 fully saturated rings. The first-order valence-electron chi connectivity index (χ1n) is 6.78. The SMILES string of the molecule is CC1Cc2cc(N3Cc4ncccc4C3=O)ccc2O1. The summed E-state index contributed by atoms with van der Waals surface area (Å²) in [5.74, 6) is 0.962. The lowest BCUT2D eigenvalue weighted by Crippen LogP contribution is -2.23. The molecule has 0 spiro atoms. The van der Waals surface area contributed by atoms with Crippen molar-refractivity contribution in [3.05, 3.63) is 53.3 Å². The minimum Gasteiger partial charge on any atom is -0.490 e. The van der Waals surface area contributed by atoms with E-state index in [9.17, 15) is 4.79 Å². The van der Waals surface area contributed by atoms with E-state index in [4.69, 9.17) is 4.74 Å². The van der Waals surface area contributed by atoms with E-state index < -0.39 is 0 Å². The van der Waals surface area contributed by atoms with Gasteiger partial charge in [-0.05, 0) is 42.8 Å². The first kappa shape index (κ1) is 11.5. The topological polar surface area (TPSA) is 42.4 Å². The van der Waals surface area contributed by atoms with E-state index in [-0.39, 0.29) is 12.0 Å². The summed E-state index contributed by atoms with van der Waals surface area (Å²) >= 11 is 0. The van der Waals surface area contributed by atoms with E-state index >= 15 is 0 Å². The lowest BCUT2D eigenvalue weighted by molar-refractivity contribution is 0.0996. The van der Waals surface area contributed by atoms with Gasteiger partial charge in [-0.1, -0.05) is 0 Å². The predicted octanol–water partition coefficient (Wildman–Crippen LogP) is 2.57. The number of anilines is 1. The van der Waals surface area contributed by atoms with Crippen molar-refractivity contribution >= 4 is 11.6 Å². The van der Waals surface area contributed by atoms with Crippen LogP contribution in [-0.4, -0.2) is 17.0 Å². The molecular weight excluding hydrogens is 252 g/mol. The molecule has 3 heterocycles. The van der Waals surface area contributed by atoms with E-state index in [0.29, 0.717) is 12.1 Å². The molecule has 0 aliphatic carbocycles. The largest absolute Gasteiger partial charge is 0.490 e. The number of ether oxygens (including phenoxy) is 1. The molecule has 20 heavy (non-hydrogen) atoms. The molecule has 0 N–H and O–H groups in total. The summed E-state index contributed by atoms with van der Waals surface area (Å²) in [6.07, 6.45) is 2.85. The summed E-state index contributed by atoms with van der Waals surface area (Å²) in [5.41, 5.74) is 3.65. The van der Waals surface area contributed by atoms with Crippen LogP contribution in [-0.2, 0) is 13.0 Å². The zero-order valence-electron chi connectivity index (χ0n) is 11.2. The van der Waals surface area contributed by atoms with Gasteiger partial charge in [-0.15, -0.1) is 0 Å². The van der Waals surface area contributed by atoms with E-state index in [1.807, 2.05) is 18.2 Å². The Morgan fingerprint density at radius 2 is 2.25 bits per heavy atom. The summed E-state index contributed by atoms with van der Waals surface area (Å²) in [4.78, 5) is 18.5. The third-order valence-electron chi connectivity index (χ3n) is 3.86. The Morgan fingerprint density at radius 3 is 3.10 bits per heavy atom. The number of fused-ring (bicyclic) bond motifs is 2. The van der Waals surface area contributed by atoms with Crippen LogP contribution in [0.2, 0.25) is 0 Å². The fraction of sp³-hybridized carbons (Fsp3) is 0.250. The summed E-state index contributed by atoms with van der Waals surface area (Å²) in [7, 11) is 0. The van der Waals surface area contributed by atoms with Gasteiger partial charge < -0.3 is 9.64 Å². The molecule has 2 aliphatic rings. The second kappa shape index (κ2) is 4.07. The molecule has 0 saturated heterocycles. The Morgan fingerprint density at radius 1 is 1.35 bits per heavy atom. The van der Waals surface area contributed by atoms with Crippen LogP contribution in [0, 0.1) is 0 Å². The van der Waals surface area contributed by atoms with Crippen LogP contribution in [0.15, 0.2) is 36.5 Å². The van der Waals surface area contributed by atoms with Crippen LogP contribution < -0.4 is 9.64 Å². The van der Waals surface area contributed by atoms with Gasteiger partial charge in [-0.3, -0.25) is 9.78 Å². The second-order valence-electron chi connectivity index (χ2n) is 5.31. The Bertz CT molecular complexity index is 711. The van der Waals surface area contributed by atoms with Gasteiger partial charge in [0.15, 0.2) is 0 Å². The zero-order valence-corrected chi connectivity index (χ0v) is 11.2. The van der Waals surface area contributed by atoms with Crippen molar-refractivity contribution in [2.45, 2.75) is 26.0 Å². The van der Waals surface area contributed by atoms with Gasteiger partial charge in [-0.2, -0.15) is 0 Å². The number of hydrogen-bond acceptors (Lipinski definition) is 3. The molecule has 0 saturated carbocycles. The maximum Gasteiger partial charge on any atom is 0.260 e. The fourth-order valence-corrected chi connectivity index (χ4v) is 2.91. The van der Waals surface area contributed by atoms with Crippen molar-refractivity contribution in [3.8, 4) is 5.75 Å². The van der Waals surface area contributed by atoms with Gasteiger partial charge in [0.25, 0.3) is 5.91 Å². The van der Waals surface area contributed by atoms with E-state index in [1.54, 1.807) is 17.2 Å². The molecule has 2 aromatic rings. The number of hydrogen-bond donors (Lipinski definition) is 0. The number of amides is 1. The highest BCUT2D eigenvalue weighted by Gasteiger charge is 2.30. The van der Waals surface area contributed by atoms with Crippen molar-refractivity contribution in [1.82, 2.24) is 4.98 Å². The highest BCUT2D eigenvalue weighted by Crippen LogP contribution is 2.34. The Balaban J connectivity index is 1.71. The number of carbonyl (C=O) groups excluding carboxylic acids is 1. The minimum absolute atomic E-state index is 0.0278. The van der Waals surface area contributed by atoms with Crippen molar-refractivity contribution in [3.63, 3.8) is 0 Å². The van der Waals surface area contributed by atoms with E-state index in [2.05, 4.69) is 18.0 Å². The molecule has 100 valence electrons. The quantitative estimate of drug-likeness (QED) is 0.796. The van der Waals surface area contributed by atoms with Gasteiger partial charge in [0.1, 0.15) is 11.9 Å². The highest BCUT2D eigenvalue weighted by molar-refractivity contribution is 6.09. The molecule has 1 amide bonds. The van der Waals surface area contributed by atoms with Crippen LogP contribution in [0.1, 0.15) is 28.5 Å². The summed E-state index contributed by atoms with van der Waals surface area (Å²) in [5, 5.41) is 0. The van der Waals surface area contributed by atoms with Gasteiger partial charge in [0, 0.05) is 18.3 Å². The predicted molar refractivity (Wildman–Crippen MR) is 75.0 cm³/mol. The van der Waals surface area contributed by atoms with Crippen molar-refractivity contribution in [2.24, 2.45) is 0 Å². The van der Waals surface area contributed by atoms with Crippen LogP contribution in [0.4, 0.5) is 5.69 Å². The molecule has 1 aromatic heterocycles. The Labute approximate surface area is 117 Å². The number of rotatable bonds is 1. The van der Waals surface area contributed by atoms with Gasteiger partial charge in [-0.25, -0.2) is 0 Å². The molecule has 4 heteroatoms. The molecule has 1 atom stereocenters. The standard InChI is InChI=1S/C16H14N2O2/c1-10-7-11-8-12(4-5-15(11)20-10)18-9-14-13(16(18)19)3-2-6-17-14/h2-6,8,10H,7,9H2,1H3. The van der Waals surface area contributed by atoms with E-state index in [1.165, 1.54) is 5.56 Å². The second-order valence-corrected chi connectivity index (χ2v) is 5.31. The maximum absolute atomic E-state index is 12.4. The molecule has 1 aromatic carbocycles. The van der Waals surface area contributed by atoms with Crippen LogP contribution in [0.3, 0.4) is 0 Å². The molecule has 0 radical (unpaired) electrons. The smallest absolute Gasteiger partial charge is 0.260 e. The van der Waals surface area contributed by atoms with Crippen molar-refractivity contribution in [2.75, 3.05) is 4.90 Å². The first-order chi connectivity index (χ1) is 9.72. The number of benzene rings is 1. The lowest BCUT2D eigenvalue weighted by Gasteiger charge is -2.16. The monoisotopic (exact) mass is 266 g/mol. The number of carbonyl (C=O) groups is 1. The zero-order chi connectivity index (χ0) is 13.7. The third kappa shape index (κ3) is 1.61. The number of pyridine rings is 1. The number of aromatic nitrogens is 1. The maximum atomic E-state index is 12.4. The highest BCUT2D eigenvalue weighted by atomic mass is 16.5. The van der Waals surface area contributed by atoms with Crippen molar-refractivity contribution in [1.29, 1.82) is 0 Å². The normalized spacial score (nSPS) is 19.8. The van der Waals surface area contributed by atoms with Crippen LogP contribution in [0.25, 0.3) is 0 Å². The van der Waals surface area contributed by atoms with Gasteiger partial charge >= 0.3 is 0 Å². The minimum atomic E-state index is 0.0278. The Kier molecular flexibility index (Phi) is 2.33. The molecule has 4 rings (SSSR count). The summed E-state index contributed by atoms with van der Waals surface area (Å²) < 4.78 is 5.70. The summed E-state index contributed by atoms with van der Waals surface area (Å²) in [6, 6.07) is 9.60. The molecule has 0 bridgehead atoms. The molecule has 1 unspecified atom stereocenters. The lowest BCUT2D eigenvalue weighted by atomic mass is 10.1. The molecular formula is C16H14N2O2. The van der Waals surface area contributed by atoms with E-state index in [0.717, 1.165) is 23.6 Å². The summed E-state index contributed by atoms with van der Waals surface area (Å²) in [6.45, 7) is 2.60. The first-order valence-corrected chi connectivity index (χ1v) is 6.78. The fourth-order valence-electron chi connectivity index (χ4n) is 2.91. The van der Waals surface area contributed by atoms with Crippen LogP contribution in [0.5, 0.6) is 5.75 Å². The number of nitrogens with zero attached hydrogens (tertiary/aromatic N) is 2. The van der Waals surface area contributed by atoms with Crippen molar-refractivity contribution < 1.29 is 9.53 Å². The third-order valence-corrected chi connectivity index (χ3v) is 3.86. The van der Waals surface area contributed by atoms with Crippen LogP contribution >= 0.6 is 0 Å². The molecule has 2 aliphatic heterocycles. The Hall–Kier alpha value is -2.36. The van der Waals surface area contributed by atoms with Gasteiger partial charge in [0.2, 0.25) is 0 Å². The average Bonchev–Trinajstić information content (AvgIpc) is 2.98.